The molecule has 1 aliphatic carbocycles. The molecule has 1 aromatic rings. The number of fused-ring (bicyclic) bond motifs is 1. The minimum Gasteiger partial charge on any atom is -0.478 e. The fourth-order valence-electron chi connectivity index (χ4n) is 3.06. The standard InChI is InChI=1S/C16H24N2O2/c1-4-12(5-2)18(3)15-13(16(19)20)10-11-8-6-7-9-14(11)17-15/h10,12H,4-9H2,1-3H3,(H,19,20). The molecule has 110 valence electrons. The Balaban J connectivity index is 2.47. The largest absolute Gasteiger partial charge is 0.478 e. The lowest BCUT2D eigenvalue weighted by atomic mass is 9.94. The number of carboxylic acids is 1. The van der Waals surface area contributed by atoms with E-state index in [4.69, 9.17) is 4.98 Å². The van der Waals surface area contributed by atoms with Gasteiger partial charge < -0.3 is 10.0 Å². The van der Waals surface area contributed by atoms with E-state index in [1.54, 1.807) is 0 Å². The van der Waals surface area contributed by atoms with Gasteiger partial charge in [-0.15, -0.1) is 0 Å². The van der Waals surface area contributed by atoms with Gasteiger partial charge in [0.2, 0.25) is 0 Å². The second-order valence-corrected chi connectivity index (χ2v) is 5.56. The third-order valence-electron chi connectivity index (χ3n) is 4.34. The van der Waals surface area contributed by atoms with Crippen LogP contribution in [0.15, 0.2) is 6.07 Å². The van der Waals surface area contributed by atoms with Crippen LogP contribution in [0.4, 0.5) is 5.82 Å². The van der Waals surface area contributed by atoms with Crippen LogP contribution in [0.2, 0.25) is 0 Å². The number of hydrogen-bond donors (Lipinski definition) is 1. The van der Waals surface area contributed by atoms with Crippen molar-refractivity contribution in [3.05, 3.63) is 22.9 Å². The second-order valence-electron chi connectivity index (χ2n) is 5.56. The zero-order chi connectivity index (χ0) is 14.7. The van der Waals surface area contributed by atoms with E-state index in [1.807, 2.05) is 18.0 Å². The van der Waals surface area contributed by atoms with Gasteiger partial charge in [-0.3, -0.25) is 0 Å². The van der Waals surface area contributed by atoms with Crippen LogP contribution in [0.5, 0.6) is 0 Å². The van der Waals surface area contributed by atoms with Gasteiger partial charge in [-0.25, -0.2) is 9.78 Å². The number of pyridine rings is 1. The van der Waals surface area contributed by atoms with Crippen molar-refractivity contribution in [2.45, 2.75) is 58.4 Å². The van der Waals surface area contributed by atoms with Crippen LogP contribution in [0.1, 0.15) is 61.1 Å². The highest BCUT2D eigenvalue weighted by molar-refractivity contribution is 5.93. The van der Waals surface area contributed by atoms with Crippen LogP contribution in [0, 0.1) is 0 Å². The Bertz CT molecular complexity index is 495. The molecule has 1 aliphatic rings. The van der Waals surface area contributed by atoms with E-state index in [0.717, 1.165) is 49.8 Å². The second kappa shape index (κ2) is 6.25. The number of hydrogen-bond acceptors (Lipinski definition) is 3. The van der Waals surface area contributed by atoms with Crippen LogP contribution in [-0.4, -0.2) is 29.1 Å². The van der Waals surface area contributed by atoms with E-state index in [-0.39, 0.29) is 0 Å². The van der Waals surface area contributed by atoms with Gasteiger partial charge in [-0.05, 0) is 50.2 Å². The third kappa shape index (κ3) is 2.79. The van der Waals surface area contributed by atoms with E-state index in [9.17, 15) is 9.90 Å². The number of anilines is 1. The zero-order valence-corrected chi connectivity index (χ0v) is 12.6. The van der Waals surface area contributed by atoms with Crippen molar-refractivity contribution in [1.82, 2.24) is 4.98 Å². The van der Waals surface area contributed by atoms with Crippen LogP contribution in [0.3, 0.4) is 0 Å². The normalized spacial score (nSPS) is 14.2. The minimum atomic E-state index is -0.876. The molecule has 0 spiro atoms. The molecule has 1 heterocycles. The van der Waals surface area contributed by atoms with Gasteiger partial charge in [-0.2, -0.15) is 0 Å². The molecule has 0 atom stereocenters. The summed E-state index contributed by atoms with van der Waals surface area (Å²) in [6.07, 6.45) is 6.20. The van der Waals surface area contributed by atoms with Gasteiger partial charge in [0.1, 0.15) is 11.4 Å². The highest BCUT2D eigenvalue weighted by atomic mass is 16.4. The Labute approximate surface area is 120 Å². The molecule has 20 heavy (non-hydrogen) atoms. The van der Waals surface area contributed by atoms with Crippen molar-refractivity contribution in [2.75, 3.05) is 11.9 Å². The molecule has 0 fully saturated rings. The van der Waals surface area contributed by atoms with E-state index in [2.05, 4.69) is 13.8 Å². The summed E-state index contributed by atoms with van der Waals surface area (Å²) in [7, 11) is 1.96. The molecular weight excluding hydrogens is 252 g/mol. The van der Waals surface area contributed by atoms with Crippen molar-refractivity contribution < 1.29 is 9.90 Å². The molecule has 4 nitrogen and oxygen atoms in total. The molecule has 0 amide bonds. The van der Waals surface area contributed by atoms with E-state index in [0.29, 0.717) is 17.4 Å². The molecule has 4 heteroatoms. The highest BCUT2D eigenvalue weighted by Gasteiger charge is 2.23. The Kier molecular flexibility index (Phi) is 4.63. The summed E-state index contributed by atoms with van der Waals surface area (Å²) in [6, 6.07) is 2.18. The van der Waals surface area contributed by atoms with Crippen molar-refractivity contribution in [2.24, 2.45) is 0 Å². The fraction of sp³-hybridized carbons (Fsp3) is 0.625. The molecule has 0 unspecified atom stereocenters. The first-order valence-corrected chi connectivity index (χ1v) is 7.57. The zero-order valence-electron chi connectivity index (χ0n) is 12.6. The van der Waals surface area contributed by atoms with E-state index in [1.165, 1.54) is 0 Å². The average Bonchev–Trinajstić information content (AvgIpc) is 2.46. The van der Waals surface area contributed by atoms with Gasteiger partial charge in [0.15, 0.2) is 0 Å². The van der Waals surface area contributed by atoms with Crippen molar-refractivity contribution in [3.8, 4) is 0 Å². The fourth-order valence-corrected chi connectivity index (χ4v) is 3.06. The maximum Gasteiger partial charge on any atom is 0.339 e. The van der Waals surface area contributed by atoms with Crippen LogP contribution in [-0.2, 0) is 12.8 Å². The Morgan fingerprint density at radius 2 is 2.00 bits per heavy atom. The Hall–Kier alpha value is -1.58. The molecule has 0 saturated carbocycles. The lowest BCUT2D eigenvalue weighted by Crippen LogP contribution is -2.33. The number of carbonyl (C=O) groups is 1. The van der Waals surface area contributed by atoms with Crippen LogP contribution < -0.4 is 4.90 Å². The lowest BCUT2D eigenvalue weighted by molar-refractivity contribution is 0.0697. The number of carboxylic acid groups (broad SMARTS) is 1. The maximum absolute atomic E-state index is 11.5. The molecule has 0 saturated heterocycles. The minimum absolute atomic E-state index is 0.335. The maximum atomic E-state index is 11.5. The van der Waals surface area contributed by atoms with Gasteiger partial charge in [-0.1, -0.05) is 13.8 Å². The first kappa shape index (κ1) is 14.8. The van der Waals surface area contributed by atoms with E-state index < -0.39 is 5.97 Å². The molecule has 1 N–H and O–H groups in total. The first-order chi connectivity index (χ1) is 9.58. The molecule has 0 bridgehead atoms. The number of nitrogens with zero attached hydrogens (tertiary/aromatic N) is 2. The number of aromatic carboxylic acids is 1. The number of rotatable bonds is 5. The van der Waals surface area contributed by atoms with Crippen LogP contribution >= 0.6 is 0 Å². The Morgan fingerprint density at radius 1 is 1.35 bits per heavy atom. The predicted molar refractivity (Wildman–Crippen MR) is 80.6 cm³/mol. The van der Waals surface area contributed by atoms with Crippen LogP contribution in [0.25, 0.3) is 0 Å². The van der Waals surface area contributed by atoms with Gasteiger partial charge >= 0.3 is 5.97 Å². The summed E-state index contributed by atoms with van der Waals surface area (Å²) >= 11 is 0. The summed E-state index contributed by atoms with van der Waals surface area (Å²) in [5.74, 6) is -0.245. The van der Waals surface area contributed by atoms with E-state index >= 15 is 0 Å². The SMILES string of the molecule is CCC(CC)N(C)c1nc2c(cc1C(=O)O)CCCC2. The van der Waals surface area contributed by atoms with Gasteiger partial charge in [0.25, 0.3) is 0 Å². The summed E-state index contributed by atoms with van der Waals surface area (Å²) in [4.78, 5) is 18.3. The molecule has 1 aromatic heterocycles. The predicted octanol–water partition coefficient (Wildman–Crippen LogP) is 3.28. The summed E-state index contributed by atoms with van der Waals surface area (Å²) < 4.78 is 0. The molecule has 0 aromatic carbocycles. The first-order valence-electron chi connectivity index (χ1n) is 7.57. The van der Waals surface area contributed by atoms with Crippen molar-refractivity contribution in [1.29, 1.82) is 0 Å². The summed E-state index contributed by atoms with van der Waals surface area (Å²) in [6.45, 7) is 4.26. The van der Waals surface area contributed by atoms with Crippen molar-refractivity contribution in [3.63, 3.8) is 0 Å². The van der Waals surface area contributed by atoms with Gasteiger partial charge in [0.05, 0.1) is 0 Å². The average molecular weight is 276 g/mol. The number of aryl methyl sites for hydroxylation is 2. The van der Waals surface area contributed by atoms with Gasteiger partial charge in [0, 0.05) is 18.8 Å². The third-order valence-corrected chi connectivity index (χ3v) is 4.34. The molecule has 0 radical (unpaired) electrons. The number of aromatic nitrogens is 1. The summed E-state index contributed by atoms with van der Waals surface area (Å²) in [5, 5.41) is 9.48. The smallest absolute Gasteiger partial charge is 0.339 e. The Morgan fingerprint density at radius 3 is 2.60 bits per heavy atom. The molecule has 2 rings (SSSR count). The van der Waals surface area contributed by atoms with Crippen molar-refractivity contribution >= 4 is 11.8 Å². The lowest BCUT2D eigenvalue weighted by Gasteiger charge is -2.30. The summed E-state index contributed by atoms with van der Waals surface area (Å²) in [5.41, 5.74) is 2.56. The quantitative estimate of drug-likeness (QED) is 0.896. The highest BCUT2D eigenvalue weighted by Crippen LogP contribution is 2.28. The topological polar surface area (TPSA) is 53.4 Å². The molecular formula is C16H24N2O2. The monoisotopic (exact) mass is 276 g/mol. The molecule has 0 aliphatic heterocycles.